The van der Waals surface area contributed by atoms with Gasteiger partial charge in [-0.15, -0.1) is 0 Å². The van der Waals surface area contributed by atoms with E-state index in [0.29, 0.717) is 11.4 Å². The zero-order valence-corrected chi connectivity index (χ0v) is 10.6. The molecule has 0 aliphatic rings. The minimum atomic E-state index is -1.05. The number of carboxylic acid groups (broad SMARTS) is 1. The van der Waals surface area contributed by atoms with Gasteiger partial charge in [0.05, 0.1) is 24.4 Å². The highest BCUT2D eigenvalue weighted by Crippen LogP contribution is 2.09. The summed E-state index contributed by atoms with van der Waals surface area (Å²) < 4.78 is 5.18. The van der Waals surface area contributed by atoms with Crippen LogP contribution in [0.25, 0.3) is 6.08 Å². The van der Waals surface area contributed by atoms with E-state index < -0.39 is 5.97 Å². The molecule has 104 valence electrons. The predicted molar refractivity (Wildman–Crippen MR) is 69.6 cm³/mol. The number of rotatable bonds is 7. The van der Waals surface area contributed by atoms with Gasteiger partial charge in [0.1, 0.15) is 5.75 Å². The molecule has 2 N–H and O–H groups in total. The SMILES string of the molecule is N#CCCNC(=O)COc1ccc(C=CC(=O)O)nc1. The molecule has 7 nitrogen and oxygen atoms in total. The van der Waals surface area contributed by atoms with Crippen LogP contribution in [0.1, 0.15) is 12.1 Å². The summed E-state index contributed by atoms with van der Waals surface area (Å²) in [4.78, 5) is 25.6. The van der Waals surface area contributed by atoms with Gasteiger partial charge in [0.15, 0.2) is 6.61 Å². The molecule has 0 atom stereocenters. The van der Waals surface area contributed by atoms with E-state index in [1.54, 1.807) is 12.1 Å². The van der Waals surface area contributed by atoms with Crippen LogP contribution < -0.4 is 10.1 Å². The van der Waals surface area contributed by atoms with Crippen molar-refractivity contribution in [2.24, 2.45) is 0 Å². The normalized spacial score (nSPS) is 9.95. The van der Waals surface area contributed by atoms with Gasteiger partial charge in [-0.25, -0.2) is 4.79 Å². The number of amides is 1. The Balaban J connectivity index is 2.40. The fraction of sp³-hybridized carbons (Fsp3) is 0.231. The van der Waals surface area contributed by atoms with E-state index in [0.717, 1.165) is 6.08 Å². The molecule has 0 spiro atoms. The molecule has 0 aliphatic heterocycles. The Morgan fingerprint density at radius 2 is 2.30 bits per heavy atom. The maximum Gasteiger partial charge on any atom is 0.328 e. The third-order valence-electron chi connectivity index (χ3n) is 2.08. The van der Waals surface area contributed by atoms with Crippen LogP contribution in [0, 0.1) is 11.3 Å². The number of aliphatic carboxylic acids is 1. The molecule has 0 aliphatic carbocycles. The van der Waals surface area contributed by atoms with Gasteiger partial charge < -0.3 is 15.2 Å². The van der Waals surface area contributed by atoms with E-state index >= 15 is 0 Å². The van der Waals surface area contributed by atoms with E-state index in [4.69, 9.17) is 15.1 Å². The lowest BCUT2D eigenvalue weighted by molar-refractivity contribution is -0.131. The average Bonchev–Trinajstić information content (AvgIpc) is 2.44. The molecule has 1 aromatic heterocycles. The van der Waals surface area contributed by atoms with Gasteiger partial charge in [0.2, 0.25) is 0 Å². The number of nitrogens with one attached hydrogen (secondary N) is 1. The molecular formula is C13H13N3O4. The first-order chi connectivity index (χ1) is 9.61. The lowest BCUT2D eigenvalue weighted by Gasteiger charge is -2.06. The molecule has 1 heterocycles. The van der Waals surface area contributed by atoms with Crippen LogP contribution in [0.5, 0.6) is 5.75 Å². The zero-order valence-electron chi connectivity index (χ0n) is 10.6. The van der Waals surface area contributed by atoms with Crippen molar-refractivity contribution in [2.45, 2.75) is 6.42 Å². The minimum Gasteiger partial charge on any atom is -0.482 e. The number of hydrogen-bond acceptors (Lipinski definition) is 5. The van der Waals surface area contributed by atoms with Crippen molar-refractivity contribution in [2.75, 3.05) is 13.2 Å². The number of ether oxygens (including phenoxy) is 1. The highest BCUT2D eigenvalue weighted by Gasteiger charge is 2.02. The van der Waals surface area contributed by atoms with Gasteiger partial charge in [0.25, 0.3) is 5.91 Å². The summed E-state index contributed by atoms with van der Waals surface area (Å²) in [5, 5.41) is 19.3. The van der Waals surface area contributed by atoms with Crippen LogP contribution in [-0.2, 0) is 9.59 Å². The van der Waals surface area contributed by atoms with E-state index in [2.05, 4.69) is 10.3 Å². The van der Waals surface area contributed by atoms with Crippen molar-refractivity contribution in [1.29, 1.82) is 5.26 Å². The van der Waals surface area contributed by atoms with Crippen LogP contribution in [0.15, 0.2) is 24.4 Å². The third kappa shape index (κ3) is 6.16. The Bertz CT molecular complexity index is 532. The predicted octanol–water partition coefficient (Wildman–Crippen LogP) is 0.588. The molecule has 0 fully saturated rings. The second-order valence-electron chi connectivity index (χ2n) is 3.64. The Kier molecular flexibility index (Phi) is 6.27. The van der Waals surface area contributed by atoms with Gasteiger partial charge in [-0.1, -0.05) is 0 Å². The Morgan fingerprint density at radius 1 is 1.50 bits per heavy atom. The molecule has 1 amide bonds. The number of nitrogens with zero attached hydrogens (tertiary/aromatic N) is 2. The summed E-state index contributed by atoms with van der Waals surface area (Å²) in [5.41, 5.74) is 0.471. The third-order valence-corrected chi connectivity index (χ3v) is 2.08. The highest BCUT2D eigenvalue weighted by molar-refractivity contribution is 5.84. The number of carboxylic acids is 1. The smallest absolute Gasteiger partial charge is 0.328 e. The fourth-order valence-electron chi connectivity index (χ4n) is 1.19. The van der Waals surface area contributed by atoms with Crippen molar-refractivity contribution < 1.29 is 19.4 Å². The molecule has 0 saturated heterocycles. The molecule has 1 rings (SSSR count). The van der Waals surface area contributed by atoms with Crippen molar-refractivity contribution in [3.63, 3.8) is 0 Å². The molecule has 0 radical (unpaired) electrons. The molecule has 0 saturated carbocycles. The maximum atomic E-state index is 11.3. The van der Waals surface area contributed by atoms with Crippen LogP contribution in [-0.4, -0.2) is 35.1 Å². The number of pyridine rings is 1. The molecule has 1 aromatic rings. The number of carbonyl (C=O) groups excluding carboxylic acids is 1. The first-order valence-corrected chi connectivity index (χ1v) is 5.75. The second kappa shape index (κ2) is 8.26. The summed E-state index contributed by atoms with van der Waals surface area (Å²) in [7, 11) is 0. The summed E-state index contributed by atoms with van der Waals surface area (Å²) in [6.45, 7) is 0.118. The highest BCUT2D eigenvalue weighted by atomic mass is 16.5. The van der Waals surface area contributed by atoms with Crippen molar-refractivity contribution in [3.05, 3.63) is 30.1 Å². The van der Waals surface area contributed by atoms with E-state index in [1.165, 1.54) is 12.3 Å². The minimum absolute atomic E-state index is 0.169. The number of nitriles is 1. The number of aromatic nitrogens is 1. The quantitative estimate of drug-likeness (QED) is 0.556. The van der Waals surface area contributed by atoms with Crippen LogP contribution in [0.4, 0.5) is 0 Å². The van der Waals surface area contributed by atoms with Crippen LogP contribution in [0.3, 0.4) is 0 Å². The summed E-state index contributed by atoms with van der Waals surface area (Å²) in [5.74, 6) is -0.982. The Labute approximate surface area is 115 Å². The van der Waals surface area contributed by atoms with Gasteiger partial charge in [-0.2, -0.15) is 5.26 Å². The maximum absolute atomic E-state index is 11.3. The lowest BCUT2D eigenvalue weighted by Crippen LogP contribution is -2.29. The van der Waals surface area contributed by atoms with Crippen molar-refractivity contribution >= 4 is 18.0 Å². The van der Waals surface area contributed by atoms with Crippen LogP contribution in [0.2, 0.25) is 0 Å². The van der Waals surface area contributed by atoms with Crippen molar-refractivity contribution in [1.82, 2.24) is 10.3 Å². The fourth-order valence-corrected chi connectivity index (χ4v) is 1.19. The molecule has 0 bridgehead atoms. The molecule has 0 unspecified atom stereocenters. The van der Waals surface area contributed by atoms with Gasteiger partial charge in [0, 0.05) is 12.6 Å². The lowest BCUT2D eigenvalue weighted by atomic mass is 10.3. The molecule has 7 heteroatoms. The van der Waals surface area contributed by atoms with Crippen LogP contribution >= 0.6 is 0 Å². The average molecular weight is 275 g/mol. The topological polar surface area (TPSA) is 112 Å². The van der Waals surface area contributed by atoms with Gasteiger partial charge >= 0.3 is 5.97 Å². The van der Waals surface area contributed by atoms with E-state index in [1.807, 2.05) is 6.07 Å². The van der Waals surface area contributed by atoms with E-state index in [-0.39, 0.29) is 25.5 Å². The van der Waals surface area contributed by atoms with Gasteiger partial charge in [-0.3, -0.25) is 9.78 Å². The first kappa shape index (κ1) is 15.2. The van der Waals surface area contributed by atoms with Gasteiger partial charge in [-0.05, 0) is 18.2 Å². The number of hydrogen-bond donors (Lipinski definition) is 2. The molecule has 20 heavy (non-hydrogen) atoms. The molecular weight excluding hydrogens is 262 g/mol. The first-order valence-electron chi connectivity index (χ1n) is 5.75. The zero-order chi connectivity index (χ0) is 14.8. The largest absolute Gasteiger partial charge is 0.482 e. The van der Waals surface area contributed by atoms with Crippen molar-refractivity contribution in [3.8, 4) is 11.8 Å². The summed E-state index contributed by atoms with van der Waals surface area (Å²) >= 11 is 0. The second-order valence-corrected chi connectivity index (χ2v) is 3.64. The monoisotopic (exact) mass is 275 g/mol. The molecule has 0 aromatic carbocycles. The number of carbonyl (C=O) groups is 2. The van der Waals surface area contributed by atoms with E-state index in [9.17, 15) is 9.59 Å². The standard InChI is InChI=1S/C13H13N3O4/c14-6-1-7-15-12(17)9-20-11-4-2-10(16-8-11)3-5-13(18)19/h2-5,8H,1,7,9H2,(H,15,17)(H,18,19). The summed E-state index contributed by atoms with van der Waals surface area (Å²) in [6, 6.07) is 5.06. The summed E-state index contributed by atoms with van der Waals surface area (Å²) in [6.07, 6.45) is 3.97. The Hall–Kier alpha value is -2.88. The Morgan fingerprint density at radius 3 is 2.90 bits per heavy atom.